The van der Waals surface area contributed by atoms with Crippen LogP contribution in [0.4, 0.5) is 4.79 Å². The number of hydrogen-bond donors (Lipinski definition) is 2. The average molecular weight is 301 g/mol. The summed E-state index contributed by atoms with van der Waals surface area (Å²) in [5.41, 5.74) is 1.37. The molecule has 22 heavy (non-hydrogen) atoms. The minimum Gasteiger partial charge on any atom is -0.444 e. The average Bonchev–Trinajstić information content (AvgIpc) is 2.39. The van der Waals surface area contributed by atoms with E-state index in [9.17, 15) is 4.79 Å². The van der Waals surface area contributed by atoms with E-state index < -0.39 is 5.60 Å². The van der Waals surface area contributed by atoms with Gasteiger partial charge in [0.05, 0.1) is 11.6 Å². The molecular weight excluding hydrogens is 278 g/mol. The van der Waals surface area contributed by atoms with Gasteiger partial charge in [0.1, 0.15) is 5.60 Å². The van der Waals surface area contributed by atoms with E-state index >= 15 is 0 Å². The van der Waals surface area contributed by atoms with E-state index in [4.69, 9.17) is 10.00 Å². The number of rotatable bonds is 4. The number of nitrogens with one attached hydrogen (secondary N) is 2. The predicted molar refractivity (Wildman–Crippen MR) is 84.2 cm³/mol. The summed E-state index contributed by atoms with van der Waals surface area (Å²) in [6, 6.07) is 10.3. The van der Waals surface area contributed by atoms with Crippen molar-refractivity contribution in [3.8, 4) is 6.07 Å². The first kappa shape index (κ1) is 16.3. The van der Waals surface area contributed by atoms with Crippen molar-refractivity contribution in [2.45, 2.75) is 57.8 Å². The van der Waals surface area contributed by atoms with Crippen LogP contribution in [0.5, 0.6) is 0 Å². The summed E-state index contributed by atoms with van der Waals surface area (Å²) < 4.78 is 5.23. The highest BCUT2D eigenvalue weighted by Gasteiger charge is 2.31. The normalized spacial score (nSPS) is 20.6. The van der Waals surface area contributed by atoms with E-state index in [1.165, 1.54) is 0 Å². The molecule has 1 aromatic rings. The highest BCUT2D eigenvalue weighted by Crippen LogP contribution is 2.21. The van der Waals surface area contributed by atoms with Gasteiger partial charge in [0.25, 0.3) is 0 Å². The third kappa shape index (κ3) is 5.05. The zero-order valence-electron chi connectivity index (χ0n) is 13.3. The summed E-state index contributed by atoms with van der Waals surface area (Å²) in [5, 5.41) is 15.1. The largest absolute Gasteiger partial charge is 0.444 e. The van der Waals surface area contributed by atoms with E-state index in [1.807, 2.05) is 45.0 Å². The van der Waals surface area contributed by atoms with Crippen molar-refractivity contribution in [3.63, 3.8) is 0 Å². The molecule has 5 nitrogen and oxygen atoms in total. The molecule has 1 amide bonds. The smallest absolute Gasteiger partial charge is 0.407 e. The van der Waals surface area contributed by atoms with Crippen LogP contribution in [-0.2, 0) is 11.3 Å². The SMILES string of the molecule is CC(C)(C)OC(=O)NC1CC(NCc2ccc(C#N)cc2)C1. The second kappa shape index (κ2) is 6.80. The first-order valence-electron chi connectivity index (χ1n) is 7.57. The van der Waals surface area contributed by atoms with Crippen molar-refractivity contribution in [3.05, 3.63) is 35.4 Å². The lowest BCUT2D eigenvalue weighted by Crippen LogP contribution is -2.52. The second-order valence-electron chi connectivity index (χ2n) is 6.70. The van der Waals surface area contributed by atoms with Crippen molar-refractivity contribution in [1.29, 1.82) is 5.26 Å². The van der Waals surface area contributed by atoms with Crippen molar-refractivity contribution < 1.29 is 9.53 Å². The minimum atomic E-state index is -0.457. The Morgan fingerprint density at radius 1 is 1.27 bits per heavy atom. The number of nitriles is 1. The van der Waals surface area contributed by atoms with Gasteiger partial charge >= 0.3 is 6.09 Å². The van der Waals surface area contributed by atoms with Crippen LogP contribution in [0.15, 0.2) is 24.3 Å². The molecule has 2 N–H and O–H groups in total. The summed E-state index contributed by atoms with van der Waals surface area (Å²) in [6.07, 6.45) is 1.48. The van der Waals surface area contributed by atoms with Gasteiger partial charge in [-0.15, -0.1) is 0 Å². The molecule has 0 radical (unpaired) electrons. The lowest BCUT2D eigenvalue weighted by atomic mass is 9.86. The summed E-state index contributed by atoms with van der Waals surface area (Å²) in [6.45, 7) is 6.34. The molecular formula is C17H23N3O2. The molecule has 0 spiro atoms. The molecule has 5 heteroatoms. The minimum absolute atomic E-state index is 0.188. The van der Waals surface area contributed by atoms with Gasteiger partial charge < -0.3 is 15.4 Å². The van der Waals surface area contributed by atoms with E-state index in [1.54, 1.807) is 0 Å². The fraction of sp³-hybridized carbons (Fsp3) is 0.529. The molecule has 0 saturated heterocycles. The van der Waals surface area contributed by atoms with E-state index in [-0.39, 0.29) is 12.1 Å². The fourth-order valence-electron chi connectivity index (χ4n) is 2.34. The Morgan fingerprint density at radius 3 is 2.45 bits per heavy atom. The Kier molecular flexibility index (Phi) is 5.04. The molecule has 1 aromatic carbocycles. The standard InChI is InChI=1S/C17H23N3O2/c1-17(2,3)22-16(21)20-15-8-14(9-15)19-11-13-6-4-12(10-18)5-7-13/h4-7,14-15,19H,8-9,11H2,1-3H3,(H,20,21). The number of carbonyl (C=O) groups excluding carboxylic acids is 1. The van der Waals surface area contributed by atoms with Gasteiger partial charge in [-0.1, -0.05) is 12.1 Å². The highest BCUT2D eigenvalue weighted by molar-refractivity contribution is 5.68. The van der Waals surface area contributed by atoms with Gasteiger partial charge in [-0.25, -0.2) is 4.79 Å². The van der Waals surface area contributed by atoms with Gasteiger partial charge in [0.15, 0.2) is 0 Å². The van der Waals surface area contributed by atoms with Crippen molar-refractivity contribution in [2.24, 2.45) is 0 Å². The molecule has 0 bridgehead atoms. The van der Waals surface area contributed by atoms with Gasteiger partial charge in [-0.05, 0) is 51.3 Å². The predicted octanol–water partition coefficient (Wildman–Crippen LogP) is 2.70. The first-order chi connectivity index (χ1) is 10.4. The lowest BCUT2D eigenvalue weighted by Gasteiger charge is -2.36. The molecule has 0 atom stereocenters. The third-order valence-corrected chi connectivity index (χ3v) is 3.54. The van der Waals surface area contributed by atoms with Crippen molar-refractivity contribution in [2.75, 3.05) is 0 Å². The maximum absolute atomic E-state index is 11.6. The third-order valence-electron chi connectivity index (χ3n) is 3.54. The molecule has 0 aromatic heterocycles. The molecule has 2 rings (SSSR count). The maximum Gasteiger partial charge on any atom is 0.407 e. The summed E-state index contributed by atoms with van der Waals surface area (Å²) in [7, 11) is 0. The monoisotopic (exact) mass is 301 g/mol. The maximum atomic E-state index is 11.6. The van der Waals surface area contributed by atoms with E-state index in [2.05, 4.69) is 16.7 Å². The summed E-state index contributed by atoms with van der Waals surface area (Å²) >= 11 is 0. The molecule has 1 aliphatic rings. The lowest BCUT2D eigenvalue weighted by molar-refractivity contribution is 0.0465. The van der Waals surface area contributed by atoms with Crippen LogP contribution >= 0.6 is 0 Å². The van der Waals surface area contributed by atoms with Crippen LogP contribution in [0.25, 0.3) is 0 Å². The van der Waals surface area contributed by atoms with Crippen LogP contribution in [0.2, 0.25) is 0 Å². The number of alkyl carbamates (subject to hydrolysis) is 1. The number of benzene rings is 1. The number of hydrogen-bond acceptors (Lipinski definition) is 4. The van der Waals surface area contributed by atoms with Crippen LogP contribution < -0.4 is 10.6 Å². The van der Waals surface area contributed by atoms with Gasteiger partial charge in [0, 0.05) is 18.6 Å². The van der Waals surface area contributed by atoms with Crippen molar-refractivity contribution in [1.82, 2.24) is 10.6 Å². The molecule has 118 valence electrons. The van der Waals surface area contributed by atoms with Crippen molar-refractivity contribution >= 4 is 6.09 Å². The Balaban J connectivity index is 1.65. The highest BCUT2D eigenvalue weighted by atomic mass is 16.6. The van der Waals surface area contributed by atoms with E-state index in [0.29, 0.717) is 11.6 Å². The molecule has 1 aliphatic carbocycles. The molecule has 1 fully saturated rings. The summed E-state index contributed by atoms with van der Waals surface area (Å²) in [4.78, 5) is 11.6. The Labute approximate surface area is 131 Å². The molecule has 0 heterocycles. The Bertz CT molecular complexity index is 549. The van der Waals surface area contributed by atoms with Gasteiger partial charge in [-0.3, -0.25) is 0 Å². The number of amides is 1. The number of nitrogens with zero attached hydrogens (tertiary/aromatic N) is 1. The summed E-state index contributed by atoms with van der Waals surface area (Å²) in [5.74, 6) is 0. The van der Waals surface area contributed by atoms with Crippen LogP contribution in [0.1, 0.15) is 44.7 Å². The van der Waals surface area contributed by atoms with Gasteiger partial charge in [-0.2, -0.15) is 5.26 Å². The zero-order valence-corrected chi connectivity index (χ0v) is 13.3. The Morgan fingerprint density at radius 2 is 1.91 bits per heavy atom. The Hall–Kier alpha value is -2.06. The number of carbonyl (C=O) groups is 1. The van der Waals surface area contributed by atoms with Crippen LogP contribution in [0.3, 0.4) is 0 Å². The van der Waals surface area contributed by atoms with E-state index in [0.717, 1.165) is 24.9 Å². The fourth-order valence-corrected chi connectivity index (χ4v) is 2.34. The molecule has 1 saturated carbocycles. The topological polar surface area (TPSA) is 74.2 Å². The molecule has 0 unspecified atom stereocenters. The van der Waals surface area contributed by atoms with Crippen LogP contribution in [0, 0.1) is 11.3 Å². The van der Waals surface area contributed by atoms with Gasteiger partial charge in [0.2, 0.25) is 0 Å². The number of ether oxygens (including phenoxy) is 1. The molecule has 0 aliphatic heterocycles. The second-order valence-corrected chi connectivity index (χ2v) is 6.70. The quantitative estimate of drug-likeness (QED) is 0.896. The zero-order chi connectivity index (χ0) is 16.2. The first-order valence-corrected chi connectivity index (χ1v) is 7.57. The van der Waals surface area contributed by atoms with Crippen LogP contribution in [-0.4, -0.2) is 23.8 Å².